The van der Waals surface area contributed by atoms with E-state index in [4.69, 9.17) is 9.31 Å². The molecule has 1 aliphatic carbocycles. The van der Waals surface area contributed by atoms with Crippen LogP contribution in [0.25, 0.3) is 0 Å². The van der Waals surface area contributed by atoms with E-state index < -0.39 is 0 Å². The number of aromatic nitrogens is 2. The van der Waals surface area contributed by atoms with Crippen LogP contribution in [0.15, 0.2) is 6.33 Å². The monoisotopic (exact) mass is 274 g/mol. The summed E-state index contributed by atoms with van der Waals surface area (Å²) in [5, 5.41) is 0. The summed E-state index contributed by atoms with van der Waals surface area (Å²) in [5.41, 5.74) is 2.47. The Labute approximate surface area is 121 Å². The lowest BCUT2D eigenvalue weighted by Gasteiger charge is -2.32. The van der Waals surface area contributed by atoms with Gasteiger partial charge in [0.2, 0.25) is 0 Å². The topological polar surface area (TPSA) is 44.2 Å². The zero-order valence-corrected chi connectivity index (χ0v) is 13.2. The van der Waals surface area contributed by atoms with E-state index in [-0.39, 0.29) is 18.3 Å². The highest BCUT2D eigenvalue weighted by Gasteiger charge is 2.54. The molecule has 1 saturated carbocycles. The summed E-state index contributed by atoms with van der Waals surface area (Å²) < 4.78 is 12.4. The number of rotatable bonds is 2. The zero-order chi connectivity index (χ0) is 14.7. The summed E-state index contributed by atoms with van der Waals surface area (Å²) in [5.74, 6) is 1.23. The standard InChI is InChI=1S/C15H23BN2O2/c1-9-7-11(9)13-12(10(2)17-8-18-13)16-19-14(3,4)15(5,6)20-16/h8-9,11H,7H2,1-6H3/t9-,11?/m1/s1. The number of hydrogen-bond acceptors (Lipinski definition) is 4. The largest absolute Gasteiger partial charge is 0.498 e. The van der Waals surface area contributed by atoms with Gasteiger partial charge in [-0.3, -0.25) is 0 Å². The Morgan fingerprint density at radius 3 is 2.20 bits per heavy atom. The van der Waals surface area contributed by atoms with Crippen LogP contribution < -0.4 is 5.46 Å². The van der Waals surface area contributed by atoms with E-state index in [9.17, 15) is 0 Å². The molecule has 1 aromatic heterocycles. The molecule has 1 saturated heterocycles. The van der Waals surface area contributed by atoms with Crippen molar-refractivity contribution in [3.63, 3.8) is 0 Å². The third-order valence-corrected chi connectivity index (χ3v) is 5.06. The molecule has 2 heterocycles. The predicted molar refractivity (Wildman–Crippen MR) is 79.0 cm³/mol. The van der Waals surface area contributed by atoms with Gasteiger partial charge < -0.3 is 9.31 Å². The van der Waals surface area contributed by atoms with Crippen molar-refractivity contribution >= 4 is 12.6 Å². The molecule has 0 bridgehead atoms. The Hall–Kier alpha value is -0.935. The van der Waals surface area contributed by atoms with Crippen LogP contribution >= 0.6 is 0 Å². The molecule has 108 valence electrons. The van der Waals surface area contributed by atoms with Crippen LogP contribution in [0.4, 0.5) is 0 Å². The molecule has 3 rings (SSSR count). The van der Waals surface area contributed by atoms with Crippen LogP contribution in [0.3, 0.4) is 0 Å². The smallest absolute Gasteiger partial charge is 0.399 e. The second-order valence-corrected chi connectivity index (χ2v) is 7.17. The van der Waals surface area contributed by atoms with Gasteiger partial charge in [-0.2, -0.15) is 0 Å². The maximum atomic E-state index is 6.18. The van der Waals surface area contributed by atoms with Gasteiger partial charge in [0.25, 0.3) is 0 Å². The van der Waals surface area contributed by atoms with Crippen molar-refractivity contribution in [1.82, 2.24) is 9.97 Å². The number of nitrogens with zero attached hydrogens (tertiary/aromatic N) is 2. The van der Waals surface area contributed by atoms with Crippen molar-refractivity contribution < 1.29 is 9.31 Å². The first-order chi connectivity index (χ1) is 9.23. The first kappa shape index (κ1) is 14.0. The number of aryl methyl sites for hydroxylation is 1. The normalized spacial score (nSPS) is 30.6. The summed E-state index contributed by atoms with van der Waals surface area (Å²) in [4.78, 5) is 8.86. The van der Waals surface area contributed by atoms with Gasteiger partial charge in [-0.25, -0.2) is 9.97 Å². The quantitative estimate of drug-likeness (QED) is 0.775. The molecule has 2 aliphatic rings. The van der Waals surface area contributed by atoms with Crippen LogP contribution in [0.1, 0.15) is 58.3 Å². The van der Waals surface area contributed by atoms with Crippen molar-refractivity contribution in [2.45, 2.75) is 65.1 Å². The highest BCUT2D eigenvalue weighted by molar-refractivity contribution is 6.63. The maximum Gasteiger partial charge on any atom is 0.498 e. The van der Waals surface area contributed by atoms with Crippen molar-refractivity contribution in [3.05, 3.63) is 17.7 Å². The first-order valence-corrected chi connectivity index (χ1v) is 7.40. The molecule has 2 atom stereocenters. The van der Waals surface area contributed by atoms with Crippen LogP contribution in [0, 0.1) is 12.8 Å². The minimum atomic E-state index is -0.357. The van der Waals surface area contributed by atoms with E-state index in [1.165, 1.54) is 6.42 Å². The minimum absolute atomic E-state index is 0.327. The van der Waals surface area contributed by atoms with E-state index in [0.29, 0.717) is 11.8 Å². The van der Waals surface area contributed by atoms with Crippen LogP contribution in [-0.2, 0) is 9.31 Å². The average molecular weight is 274 g/mol. The molecular weight excluding hydrogens is 251 g/mol. The van der Waals surface area contributed by atoms with Crippen molar-refractivity contribution in [2.24, 2.45) is 5.92 Å². The average Bonchev–Trinajstić information content (AvgIpc) is 2.98. The summed E-state index contributed by atoms with van der Waals surface area (Å²) in [6, 6.07) is 0. The third kappa shape index (κ3) is 2.08. The fourth-order valence-corrected chi connectivity index (χ4v) is 2.75. The minimum Gasteiger partial charge on any atom is -0.399 e. The lowest BCUT2D eigenvalue weighted by atomic mass is 9.75. The molecular formula is C15H23BN2O2. The molecule has 4 nitrogen and oxygen atoms in total. The van der Waals surface area contributed by atoms with Crippen molar-refractivity contribution in [1.29, 1.82) is 0 Å². The van der Waals surface area contributed by atoms with Gasteiger partial charge in [-0.1, -0.05) is 6.92 Å². The van der Waals surface area contributed by atoms with E-state index in [2.05, 4.69) is 44.6 Å². The van der Waals surface area contributed by atoms with Crippen molar-refractivity contribution in [2.75, 3.05) is 0 Å². The summed E-state index contributed by atoms with van der Waals surface area (Å²) >= 11 is 0. The second-order valence-electron chi connectivity index (χ2n) is 7.17. The molecule has 5 heteroatoms. The molecule has 0 amide bonds. The first-order valence-electron chi connectivity index (χ1n) is 7.40. The molecule has 0 N–H and O–H groups in total. The Balaban J connectivity index is 1.99. The maximum absolute atomic E-state index is 6.18. The second kappa shape index (κ2) is 4.28. The SMILES string of the molecule is Cc1ncnc(C2C[C@H]2C)c1B1OC(C)(C)C(C)(C)O1. The lowest BCUT2D eigenvalue weighted by Crippen LogP contribution is -2.41. The molecule has 1 unspecified atom stereocenters. The van der Waals surface area contributed by atoms with Gasteiger partial charge in [0.1, 0.15) is 6.33 Å². The third-order valence-electron chi connectivity index (χ3n) is 5.06. The van der Waals surface area contributed by atoms with Gasteiger partial charge >= 0.3 is 7.12 Å². The highest BCUT2D eigenvalue weighted by atomic mass is 16.7. The lowest BCUT2D eigenvalue weighted by molar-refractivity contribution is 0.00578. The summed E-state index contributed by atoms with van der Waals surface area (Å²) in [6.45, 7) is 12.6. The zero-order valence-electron chi connectivity index (χ0n) is 13.2. The van der Waals surface area contributed by atoms with E-state index >= 15 is 0 Å². The summed E-state index contributed by atoms with van der Waals surface area (Å²) in [7, 11) is -0.357. The summed E-state index contributed by atoms with van der Waals surface area (Å²) in [6.07, 6.45) is 2.85. The fraction of sp³-hybridized carbons (Fsp3) is 0.733. The van der Waals surface area contributed by atoms with Gasteiger partial charge in [-0.05, 0) is 47.0 Å². The molecule has 1 aliphatic heterocycles. The molecule has 0 spiro atoms. The van der Waals surface area contributed by atoms with E-state index in [1.54, 1.807) is 6.33 Å². The Morgan fingerprint density at radius 1 is 1.15 bits per heavy atom. The predicted octanol–water partition coefficient (Wildman–Crippen LogP) is 2.21. The Morgan fingerprint density at radius 2 is 1.70 bits per heavy atom. The highest BCUT2D eigenvalue weighted by Crippen LogP contribution is 2.46. The van der Waals surface area contributed by atoms with Crippen LogP contribution in [0.5, 0.6) is 0 Å². The van der Waals surface area contributed by atoms with Crippen molar-refractivity contribution in [3.8, 4) is 0 Å². The van der Waals surface area contributed by atoms with E-state index in [1.807, 2.05) is 6.92 Å². The van der Waals surface area contributed by atoms with Crippen LogP contribution in [0.2, 0.25) is 0 Å². The Kier molecular flexibility index (Phi) is 3.00. The molecule has 0 radical (unpaired) electrons. The van der Waals surface area contributed by atoms with Gasteiger partial charge in [0.15, 0.2) is 0 Å². The van der Waals surface area contributed by atoms with Gasteiger partial charge in [-0.15, -0.1) is 0 Å². The van der Waals surface area contributed by atoms with Gasteiger partial charge in [0.05, 0.1) is 11.2 Å². The van der Waals surface area contributed by atoms with E-state index in [0.717, 1.165) is 16.9 Å². The van der Waals surface area contributed by atoms with Crippen LogP contribution in [-0.4, -0.2) is 28.3 Å². The fourth-order valence-electron chi connectivity index (χ4n) is 2.75. The van der Waals surface area contributed by atoms with Gasteiger partial charge in [0, 0.05) is 22.8 Å². The molecule has 1 aromatic rings. The molecule has 2 fully saturated rings. The number of hydrogen-bond donors (Lipinski definition) is 0. The molecule has 0 aromatic carbocycles. The molecule has 20 heavy (non-hydrogen) atoms. The Bertz CT molecular complexity index is 529.